The normalized spacial score (nSPS) is 25.5. The number of esters is 1. The molecular weight excluding hydrogens is 318 g/mol. The van der Waals surface area contributed by atoms with Gasteiger partial charge < -0.3 is 14.2 Å². The molecular formula is C20H27NO4. The molecule has 3 rings (SSSR count). The van der Waals surface area contributed by atoms with Gasteiger partial charge in [-0.1, -0.05) is 6.08 Å². The van der Waals surface area contributed by atoms with Gasteiger partial charge in [0.15, 0.2) is 11.5 Å². The van der Waals surface area contributed by atoms with Crippen LogP contribution in [-0.2, 0) is 16.0 Å². The van der Waals surface area contributed by atoms with Crippen LogP contribution in [0, 0.1) is 11.8 Å². The zero-order valence-corrected chi connectivity index (χ0v) is 15.3. The summed E-state index contributed by atoms with van der Waals surface area (Å²) in [6, 6.07) is 4.50. The van der Waals surface area contributed by atoms with E-state index in [0.29, 0.717) is 18.4 Å². The maximum Gasteiger partial charge on any atom is 0.305 e. The first-order valence-corrected chi connectivity index (χ1v) is 8.79. The number of methoxy groups -OCH3 is 3. The Hall–Kier alpha value is -2.01. The van der Waals surface area contributed by atoms with Crippen LogP contribution < -0.4 is 9.47 Å². The van der Waals surface area contributed by atoms with Gasteiger partial charge in [-0.15, -0.1) is 6.58 Å². The maximum atomic E-state index is 11.8. The number of hydrogen-bond acceptors (Lipinski definition) is 5. The Morgan fingerprint density at radius 3 is 2.64 bits per heavy atom. The quantitative estimate of drug-likeness (QED) is 0.606. The molecule has 1 aromatic rings. The molecule has 0 aromatic heterocycles. The summed E-state index contributed by atoms with van der Waals surface area (Å²) in [5.41, 5.74) is 2.61. The molecule has 0 N–H and O–H groups in total. The fraction of sp³-hybridized carbons (Fsp3) is 0.550. The summed E-state index contributed by atoms with van der Waals surface area (Å²) in [4.78, 5) is 14.3. The smallest absolute Gasteiger partial charge is 0.305 e. The van der Waals surface area contributed by atoms with Gasteiger partial charge in [0.25, 0.3) is 0 Å². The number of ether oxygens (including phenoxy) is 3. The van der Waals surface area contributed by atoms with Crippen LogP contribution >= 0.6 is 0 Å². The van der Waals surface area contributed by atoms with Crippen molar-refractivity contribution in [1.82, 2.24) is 4.90 Å². The van der Waals surface area contributed by atoms with Crippen molar-refractivity contribution in [3.8, 4) is 11.5 Å². The van der Waals surface area contributed by atoms with E-state index in [2.05, 4.69) is 23.6 Å². The number of piperidine rings is 1. The molecule has 0 unspecified atom stereocenters. The van der Waals surface area contributed by atoms with Gasteiger partial charge >= 0.3 is 5.97 Å². The van der Waals surface area contributed by atoms with Crippen LogP contribution in [0.2, 0.25) is 0 Å². The minimum absolute atomic E-state index is 0.145. The Balaban J connectivity index is 1.91. The predicted octanol–water partition coefficient (Wildman–Crippen LogP) is 2.99. The van der Waals surface area contributed by atoms with Crippen LogP contribution in [0.4, 0.5) is 0 Å². The average Bonchev–Trinajstić information content (AvgIpc) is 2.65. The summed E-state index contributed by atoms with van der Waals surface area (Å²) in [5, 5.41) is 0. The fourth-order valence-electron chi connectivity index (χ4n) is 4.26. The lowest BCUT2D eigenvalue weighted by Crippen LogP contribution is -2.45. The van der Waals surface area contributed by atoms with Gasteiger partial charge in [-0.25, -0.2) is 0 Å². The number of carbonyl (C=O) groups excluding carboxylic acids is 1. The highest BCUT2D eigenvalue weighted by Gasteiger charge is 2.39. The first-order valence-electron chi connectivity index (χ1n) is 8.79. The summed E-state index contributed by atoms with van der Waals surface area (Å²) in [5.74, 6) is 1.97. The monoisotopic (exact) mass is 345 g/mol. The number of fused-ring (bicyclic) bond motifs is 3. The largest absolute Gasteiger partial charge is 0.493 e. The minimum Gasteiger partial charge on any atom is -0.493 e. The van der Waals surface area contributed by atoms with Crippen LogP contribution in [0.3, 0.4) is 0 Å². The zero-order chi connectivity index (χ0) is 18.0. The van der Waals surface area contributed by atoms with Gasteiger partial charge in [0.2, 0.25) is 0 Å². The number of hydrogen-bond donors (Lipinski definition) is 0. The van der Waals surface area contributed by atoms with E-state index in [1.54, 1.807) is 14.2 Å². The molecule has 0 saturated carbocycles. The number of rotatable bonds is 5. The predicted molar refractivity (Wildman–Crippen MR) is 96.0 cm³/mol. The molecule has 0 radical (unpaired) electrons. The zero-order valence-electron chi connectivity index (χ0n) is 15.3. The molecule has 25 heavy (non-hydrogen) atoms. The van der Waals surface area contributed by atoms with E-state index in [0.717, 1.165) is 37.4 Å². The summed E-state index contributed by atoms with van der Waals surface area (Å²) in [7, 11) is 4.79. The van der Waals surface area contributed by atoms with Crippen LogP contribution in [-0.4, -0.2) is 45.3 Å². The van der Waals surface area contributed by atoms with E-state index in [1.165, 1.54) is 18.2 Å². The van der Waals surface area contributed by atoms with Gasteiger partial charge in [-0.05, 0) is 47.9 Å². The Bertz CT molecular complexity index is 657. The lowest BCUT2D eigenvalue weighted by atomic mass is 9.75. The van der Waals surface area contributed by atoms with Crippen molar-refractivity contribution in [2.24, 2.45) is 11.8 Å². The van der Waals surface area contributed by atoms with E-state index < -0.39 is 0 Å². The summed E-state index contributed by atoms with van der Waals surface area (Å²) >= 11 is 0. The molecule has 2 aliphatic heterocycles. The first kappa shape index (κ1) is 17.8. The summed E-state index contributed by atoms with van der Waals surface area (Å²) < 4.78 is 15.8. The standard InChI is InChI=1S/C20H27NO4/c1-5-13-12-21-7-6-14-9-18(23-2)19(24-3)11-16(14)17(21)8-15(13)10-20(22)25-4/h5,9,11,13,15,17H,1,6-8,10,12H2,2-4H3/t13-,15+,17-/m0/s1. The lowest BCUT2D eigenvalue weighted by Gasteiger charge is -2.46. The topological polar surface area (TPSA) is 48.0 Å². The third-order valence-corrected chi connectivity index (χ3v) is 5.65. The van der Waals surface area contributed by atoms with E-state index in [-0.39, 0.29) is 11.9 Å². The van der Waals surface area contributed by atoms with Crippen molar-refractivity contribution in [2.45, 2.75) is 25.3 Å². The van der Waals surface area contributed by atoms with Gasteiger partial charge in [0.1, 0.15) is 0 Å². The maximum absolute atomic E-state index is 11.8. The lowest BCUT2D eigenvalue weighted by molar-refractivity contribution is -0.142. The molecule has 136 valence electrons. The van der Waals surface area contributed by atoms with Crippen LogP contribution in [0.25, 0.3) is 0 Å². The van der Waals surface area contributed by atoms with Crippen molar-refractivity contribution >= 4 is 5.97 Å². The molecule has 2 aliphatic rings. The highest BCUT2D eigenvalue weighted by Crippen LogP contribution is 2.45. The average molecular weight is 345 g/mol. The molecule has 1 saturated heterocycles. The molecule has 0 amide bonds. The molecule has 0 spiro atoms. The van der Waals surface area contributed by atoms with Gasteiger partial charge in [0, 0.05) is 25.6 Å². The molecule has 1 aromatic carbocycles. The summed E-state index contributed by atoms with van der Waals surface area (Å²) in [6.07, 6.45) is 4.36. The number of nitrogens with zero attached hydrogens (tertiary/aromatic N) is 1. The van der Waals surface area contributed by atoms with Crippen molar-refractivity contribution in [3.63, 3.8) is 0 Å². The highest BCUT2D eigenvalue weighted by molar-refractivity contribution is 5.69. The molecule has 5 heteroatoms. The Morgan fingerprint density at radius 1 is 1.28 bits per heavy atom. The van der Waals surface area contributed by atoms with Crippen molar-refractivity contribution in [1.29, 1.82) is 0 Å². The molecule has 0 bridgehead atoms. The van der Waals surface area contributed by atoms with Gasteiger partial charge in [-0.3, -0.25) is 9.69 Å². The van der Waals surface area contributed by atoms with Crippen molar-refractivity contribution in [2.75, 3.05) is 34.4 Å². The van der Waals surface area contributed by atoms with Crippen LogP contribution in [0.5, 0.6) is 11.5 Å². The Morgan fingerprint density at radius 2 is 2.00 bits per heavy atom. The summed E-state index contributed by atoms with van der Waals surface area (Å²) in [6.45, 7) is 5.93. The third-order valence-electron chi connectivity index (χ3n) is 5.65. The molecule has 1 fully saturated rings. The van der Waals surface area contributed by atoms with E-state index in [4.69, 9.17) is 14.2 Å². The number of benzene rings is 1. The van der Waals surface area contributed by atoms with Gasteiger partial charge in [-0.2, -0.15) is 0 Å². The Labute approximate surface area is 149 Å². The first-order chi connectivity index (χ1) is 12.1. The fourth-order valence-corrected chi connectivity index (χ4v) is 4.26. The van der Waals surface area contributed by atoms with Crippen LogP contribution in [0.15, 0.2) is 24.8 Å². The molecule has 0 aliphatic carbocycles. The van der Waals surface area contributed by atoms with Crippen molar-refractivity contribution in [3.05, 3.63) is 35.9 Å². The second kappa shape index (κ2) is 7.48. The number of carbonyl (C=O) groups is 1. The second-order valence-electron chi connectivity index (χ2n) is 6.84. The minimum atomic E-state index is -0.145. The Kier molecular flexibility index (Phi) is 5.33. The molecule has 3 atom stereocenters. The molecule has 5 nitrogen and oxygen atoms in total. The van der Waals surface area contributed by atoms with E-state index in [1.807, 2.05) is 6.08 Å². The third kappa shape index (κ3) is 3.38. The van der Waals surface area contributed by atoms with Crippen LogP contribution in [0.1, 0.15) is 30.0 Å². The highest BCUT2D eigenvalue weighted by atomic mass is 16.5. The van der Waals surface area contributed by atoms with E-state index in [9.17, 15) is 4.79 Å². The second-order valence-corrected chi connectivity index (χ2v) is 6.84. The molecule has 2 heterocycles. The SMILES string of the molecule is C=C[C@H]1CN2CCc3cc(OC)c(OC)cc3[C@@H]2C[C@@H]1CC(=O)OC. The van der Waals surface area contributed by atoms with Crippen molar-refractivity contribution < 1.29 is 19.0 Å². The van der Waals surface area contributed by atoms with E-state index >= 15 is 0 Å². The van der Waals surface area contributed by atoms with Gasteiger partial charge in [0.05, 0.1) is 21.3 Å².